The van der Waals surface area contributed by atoms with Crippen LogP contribution in [0.25, 0.3) is 0 Å². The largest absolute Gasteiger partial charge is 0.469 e. The van der Waals surface area contributed by atoms with Gasteiger partial charge in [-0.2, -0.15) is 0 Å². The van der Waals surface area contributed by atoms with Gasteiger partial charge in [-0.1, -0.05) is 24.3 Å². The van der Waals surface area contributed by atoms with Gasteiger partial charge >= 0.3 is 0 Å². The molecule has 0 aromatic heterocycles. The SMILES string of the molecule is C=CCC1=NCC(Oc2ccccc2)N1. The zero-order valence-corrected chi connectivity index (χ0v) is 8.52. The maximum absolute atomic E-state index is 5.69. The van der Waals surface area contributed by atoms with E-state index < -0.39 is 0 Å². The molecule has 0 amide bonds. The molecule has 15 heavy (non-hydrogen) atoms. The Morgan fingerprint density at radius 1 is 1.47 bits per heavy atom. The second-order valence-electron chi connectivity index (χ2n) is 3.34. The Bertz CT molecular complexity index is 359. The molecule has 1 N–H and O–H groups in total. The van der Waals surface area contributed by atoms with E-state index in [1.807, 2.05) is 36.4 Å². The fourth-order valence-corrected chi connectivity index (χ4v) is 1.46. The van der Waals surface area contributed by atoms with Crippen LogP contribution >= 0.6 is 0 Å². The normalized spacial score (nSPS) is 19.2. The van der Waals surface area contributed by atoms with Gasteiger partial charge in [0.15, 0.2) is 6.23 Å². The van der Waals surface area contributed by atoms with E-state index in [4.69, 9.17) is 4.74 Å². The van der Waals surface area contributed by atoms with Gasteiger partial charge in [-0.15, -0.1) is 6.58 Å². The number of aliphatic imine (C=N–C) groups is 1. The van der Waals surface area contributed by atoms with E-state index >= 15 is 0 Å². The van der Waals surface area contributed by atoms with Gasteiger partial charge in [0, 0.05) is 6.42 Å². The minimum Gasteiger partial charge on any atom is -0.469 e. The van der Waals surface area contributed by atoms with Crippen molar-refractivity contribution in [1.29, 1.82) is 0 Å². The van der Waals surface area contributed by atoms with Crippen molar-refractivity contribution in [1.82, 2.24) is 5.32 Å². The predicted molar refractivity (Wildman–Crippen MR) is 61.1 cm³/mol. The van der Waals surface area contributed by atoms with Crippen LogP contribution in [0.15, 0.2) is 48.0 Å². The molecule has 1 aliphatic heterocycles. The number of nitrogens with zero attached hydrogens (tertiary/aromatic N) is 1. The van der Waals surface area contributed by atoms with Crippen LogP contribution in [0.4, 0.5) is 0 Å². The van der Waals surface area contributed by atoms with E-state index in [2.05, 4.69) is 16.9 Å². The summed E-state index contributed by atoms with van der Waals surface area (Å²) in [6.45, 7) is 4.34. The average Bonchev–Trinajstić information content (AvgIpc) is 2.68. The monoisotopic (exact) mass is 202 g/mol. The van der Waals surface area contributed by atoms with Crippen LogP contribution in [0.1, 0.15) is 6.42 Å². The Hall–Kier alpha value is -1.77. The summed E-state index contributed by atoms with van der Waals surface area (Å²) in [7, 11) is 0. The highest BCUT2D eigenvalue weighted by Crippen LogP contribution is 2.12. The van der Waals surface area contributed by atoms with Crippen molar-refractivity contribution in [2.24, 2.45) is 4.99 Å². The third kappa shape index (κ3) is 2.59. The minimum atomic E-state index is -0.0395. The van der Waals surface area contributed by atoms with Crippen LogP contribution in [0.5, 0.6) is 5.75 Å². The van der Waals surface area contributed by atoms with E-state index in [9.17, 15) is 0 Å². The molecule has 1 heterocycles. The summed E-state index contributed by atoms with van der Waals surface area (Å²) in [5.41, 5.74) is 0. The van der Waals surface area contributed by atoms with Gasteiger partial charge < -0.3 is 10.1 Å². The first kappa shape index (κ1) is 9.77. The number of nitrogens with one attached hydrogen (secondary N) is 1. The van der Waals surface area contributed by atoms with Crippen LogP contribution in [0.2, 0.25) is 0 Å². The number of amidine groups is 1. The van der Waals surface area contributed by atoms with Gasteiger partial charge in [0.2, 0.25) is 0 Å². The summed E-state index contributed by atoms with van der Waals surface area (Å²) in [4.78, 5) is 4.31. The molecular weight excluding hydrogens is 188 g/mol. The van der Waals surface area contributed by atoms with Gasteiger partial charge in [-0.25, -0.2) is 0 Å². The summed E-state index contributed by atoms with van der Waals surface area (Å²) in [5, 5.41) is 3.20. The van der Waals surface area contributed by atoms with Crippen LogP contribution < -0.4 is 10.1 Å². The summed E-state index contributed by atoms with van der Waals surface area (Å²) in [6.07, 6.45) is 2.56. The molecule has 0 radical (unpaired) electrons. The Morgan fingerprint density at radius 2 is 2.27 bits per heavy atom. The lowest BCUT2D eigenvalue weighted by molar-refractivity contribution is 0.205. The van der Waals surface area contributed by atoms with Crippen molar-refractivity contribution in [3.63, 3.8) is 0 Å². The molecule has 78 valence electrons. The van der Waals surface area contributed by atoms with Crippen molar-refractivity contribution in [2.45, 2.75) is 12.6 Å². The quantitative estimate of drug-likeness (QED) is 0.757. The van der Waals surface area contributed by atoms with Crippen LogP contribution in [-0.2, 0) is 0 Å². The van der Waals surface area contributed by atoms with Crippen LogP contribution in [0.3, 0.4) is 0 Å². The highest BCUT2D eigenvalue weighted by atomic mass is 16.5. The van der Waals surface area contributed by atoms with Crippen molar-refractivity contribution >= 4 is 5.84 Å². The first-order chi connectivity index (χ1) is 7.38. The van der Waals surface area contributed by atoms with Crippen molar-refractivity contribution < 1.29 is 4.74 Å². The summed E-state index contributed by atoms with van der Waals surface area (Å²) < 4.78 is 5.69. The molecule has 1 aromatic carbocycles. The predicted octanol–water partition coefficient (Wildman–Crippen LogP) is 1.97. The maximum Gasteiger partial charge on any atom is 0.190 e. The lowest BCUT2D eigenvalue weighted by Crippen LogP contribution is -2.34. The lowest BCUT2D eigenvalue weighted by Gasteiger charge is -2.13. The number of hydrogen-bond acceptors (Lipinski definition) is 3. The molecule has 0 fully saturated rings. The molecular formula is C12H14N2O. The number of benzene rings is 1. The van der Waals surface area contributed by atoms with E-state index in [0.717, 1.165) is 18.0 Å². The minimum absolute atomic E-state index is 0.0395. The first-order valence-corrected chi connectivity index (χ1v) is 5.01. The maximum atomic E-state index is 5.69. The van der Waals surface area contributed by atoms with Crippen molar-refractivity contribution in [3.8, 4) is 5.75 Å². The second kappa shape index (κ2) is 4.64. The Morgan fingerprint density at radius 3 is 3.00 bits per heavy atom. The molecule has 3 nitrogen and oxygen atoms in total. The highest BCUT2D eigenvalue weighted by molar-refractivity contribution is 5.85. The van der Waals surface area contributed by atoms with Gasteiger partial charge in [0.25, 0.3) is 0 Å². The average molecular weight is 202 g/mol. The van der Waals surface area contributed by atoms with Crippen molar-refractivity contribution in [2.75, 3.05) is 6.54 Å². The van der Waals surface area contributed by atoms with Gasteiger partial charge in [0.05, 0.1) is 6.54 Å². The fraction of sp³-hybridized carbons (Fsp3) is 0.250. The molecule has 0 bridgehead atoms. The summed E-state index contributed by atoms with van der Waals surface area (Å²) in [6, 6.07) is 9.75. The molecule has 3 heteroatoms. The van der Waals surface area contributed by atoms with E-state index in [1.165, 1.54) is 0 Å². The third-order valence-corrected chi connectivity index (χ3v) is 2.13. The molecule has 1 atom stereocenters. The standard InChI is InChI=1S/C12H14N2O/c1-2-6-11-13-9-12(14-11)15-10-7-4-3-5-8-10/h2-5,7-8,12H,1,6,9H2,(H,13,14). The fourth-order valence-electron chi connectivity index (χ4n) is 1.46. The zero-order chi connectivity index (χ0) is 10.5. The van der Waals surface area contributed by atoms with Gasteiger partial charge in [0.1, 0.15) is 11.6 Å². The zero-order valence-electron chi connectivity index (χ0n) is 8.52. The number of rotatable bonds is 4. The second-order valence-corrected chi connectivity index (χ2v) is 3.34. The molecule has 1 unspecified atom stereocenters. The Balaban J connectivity index is 1.87. The highest BCUT2D eigenvalue weighted by Gasteiger charge is 2.17. The Kier molecular flexibility index (Phi) is 3.02. The molecule has 0 aliphatic carbocycles. The van der Waals surface area contributed by atoms with Crippen LogP contribution in [-0.4, -0.2) is 18.6 Å². The summed E-state index contributed by atoms with van der Waals surface area (Å²) >= 11 is 0. The lowest BCUT2D eigenvalue weighted by atomic mass is 10.3. The van der Waals surface area contributed by atoms with Gasteiger partial charge in [-0.3, -0.25) is 4.99 Å². The van der Waals surface area contributed by atoms with Crippen LogP contribution in [0, 0.1) is 0 Å². The topological polar surface area (TPSA) is 33.6 Å². The smallest absolute Gasteiger partial charge is 0.190 e. The number of ether oxygens (including phenoxy) is 1. The third-order valence-electron chi connectivity index (χ3n) is 2.13. The van der Waals surface area contributed by atoms with E-state index in [0.29, 0.717) is 6.54 Å². The molecule has 0 saturated heterocycles. The number of hydrogen-bond donors (Lipinski definition) is 1. The molecule has 1 aliphatic rings. The van der Waals surface area contributed by atoms with Gasteiger partial charge in [-0.05, 0) is 12.1 Å². The Labute approximate surface area is 89.5 Å². The molecule has 0 saturated carbocycles. The van der Waals surface area contributed by atoms with E-state index in [1.54, 1.807) is 0 Å². The van der Waals surface area contributed by atoms with E-state index in [-0.39, 0.29) is 6.23 Å². The molecule has 2 rings (SSSR count). The van der Waals surface area contributed by atoms with Crippen molar-refractivity contribution in [3.05, 3.63) is 43.0 Å². The first-order valence-electron chi connectivity index (χ1n) is 5.01. The molecule has 0 spiro atoms. The number of para-hydroxylation sites is 1. The summed E-state index contributed by atoms with van der Waals surface area (Å²) in [5.74, 6) is 1.82. The molecule has 1 aromatic rings.